The molecular weight excluding hydrogens is 266 g/mol. The second kappa shape index (κ2) is 6.18. The molecule has 1 heterocycles. The minimum atomic E-state index is -0.268. The van der Waals surface area contributed by atoms with E-state index in [1.807, 2.05) is 20.8 Å². The first-order valence-corrected chi connectivity index (χ1v) is 7.81. The quantitative estimate of drug-likeness (QED) is 0.894. The van der Waals surface area contributed by atoms with Gasteiger partial charge in [-0.25, -0.2) is 4.98 Å². The number of rotatable bonds is 4. The average Bonchev–Trinajstić information content (AvgIpc) is 2.46. The highest BCUT2D eigenvalue weighted by molar-refractivity contribution is 5.31. The minimum Gasteiger partial charge on any atom is -0.396 e. The molecule has 2 rings (SSSR count). The first kappa shape index (κ1) is 16.0. The third-order valence-electron chi connectivity index (χ3n) is 4.44. The van der Waals surface area contributed by atoms with E-state index in [0.29, 0.717) is 12.4 Å². The van der Waals surface area contributed by atoms with Crippen LogP contribution in [0.25, 0.3) is 0 Å². The lowest BCUT2D eigenvalue weighted by atomic mass is 9.74. The Morgan fingerprint density at radius 2 is 2.00 bits per heavy atom. The average molecular weight is 293 g/mol. The second-order valence-electron chi connectivity index (χ2n) is 7.19. The summed E-state index contributed by atoms with van der Waals surface area (Å²) >= 11 is 0. The van der Waals surface area contributed by atoms with Gasteiger partial charge in [0.15, 0.2) is 5.82 Å². The highest BCUT2D eigenvalue weighted by Crippen LogP contribution is 2.35. The van der Waals surface area contributed by atoms with Crippen LogP contribution < -0.4 is 10.9 Å². The molecule has 0 aliphatic heterocycles. The van der Waals surface area contributed by atoms with E-state index >= 15 is 0 Å². The first-order chi connectivity index (χ1) is 9.88. The van der Waals surface area contributed by atoms with Crippen molar-refractivity contribution in [1.29, 1.82) is 0 Å². The molecule has 1 aliphatic carbocycles. The molecule has 0 bridgehead atoms. The minimum absolute atomic E-state index is 0.102. The molecule has 5 nitrogen and oxygen atoms in total. The molecule has 1 aromatic rings. The molecule has 0 saturated heterocycles. The number of hydrogen-bond acceptors (Lipinski definition) is 4. The number of nitrogens with zero attached hydrogens (tertiary/aromatic N) is 2. The zero-order chi connectivity index (χ0) is 15.5. The number of nitrogens with one attached hydrogen (secondary N) is 1. The summed E-state index contributed by atoms with van der Waals surface area (Å²) < 4.78 is 1.69. The predicted octanol–water partition coefficient (Wildman–Crippen LogP) is 2.35. The van der Waals surface area contributed by atoms with Gasteiger partial charge >= 0.3 is 0 Å². The Morgan fingerprint density at radius 3 is 2.57 bits per heavy atom. The Labute approximate surface area is 126 Å². The lowest BCUT2D eigenvalue weighted by Crippen LogP contribution is -2.39. The fraction of sp³-hybridized carbons (Fsp3) is 0.750. The largest absolute Gasteiger partial charge is 0.396 e. The summed E-state index contributed by atoms with van der Waals surface area (Å²) in [5.74, 6) is 0.380. The molecular formula is C16H27N3O2. The first-order valence-electron chi connectivity index (χ1n) is 7.81. The summed E-state index contributed by atoms with van der Waals surface area (Å²) in [7, 11) is 0. The normalized spacial score (nSPS) is 18.5. The van der Waals surface area contributed by atoms with Crippen molar-refractivity contribution in [3.63, 3.8) is 0 Å². The third kappa shape index (κ3) is 3.64. The van der Waals surface area contributed by atoms with E-state index < -0.39 is 0 Å². The fourth-order valence-corrected chi connectivity index (χ4v) is 3.02. The van der Waals surface area contributed by atoms with E-state index in [0.717, 1.165) is 25.7 Å². The monoisotopic (exact) mass is 293 g/mol. The number of aromatic nitrogens is 2. The molecule has 0 aromatic carbocycles. The Balaban J connectivity index is 2.15. The molecule has 0 amide bonds. The van der Waals surface area contributed by atoms with Crippen LogP contribution in [-0.2, 0) is 5.54 Å². The molecule has 1 fully saturated rings. The van der Waals surface area contributed by atoms with E-state index in [1.165, 1.54) is 6.42 Å². The van der Waals surface area contributed by atoms with Gasteiger partial charge in [0.25, 0.3) is 5.56 Å². The molecule has 1 saturated carbocycles. The summed E-state index contributed by atoms with van der Waals surface area (Å²) in [5, 5.41) is 12.9. The highest BCUT2D eigenvalue weighted by Gasteiger charge is 2.31. The molecule has 1 aromatic heterocycles. The summed E-state index contributed by atoms with van der Waals surface area (Å²) in [6.45, 7) is 6.76. The van der Waals surface area contributed by atoms with Crippen molar-refractivity contribution in [2.45, 2.75) is 58.4 Å². The topological polar surface area (TPSA) is 67.2 Å². The molecule has 0 unspecified atom stereocenters. The van der Waals surface area contributed by atoms with Crippen molar-refractivity contribution in [2.75, 3.05) is 18.5 Å². The lowest BCUT2D eigenvalue weighted by Gasteiger charge is -2.35. The van der Waals surface area contributed by atoms with Gasteiger partial charge in [-0.1, -0.05) is 19.3 Å². The van der Waals surface area contributed by atoms with Gasteiger partial charge in [-0.05, 0) is 33.6 Å². The zero-order valence-electron chi connectivity index (χ0n) is 13.4. The molecule has 1 aliphatic rings. The van der Waals surface area contributed by atoms with Crippen molar-refractivity contribution < 1.29 is 5.11 Å². The Kier molecular flexibility index (Phi) is 4.71. The van der Waals surface area contributed by atoms with Crippen LogP contribution in [0.5, 0.6) is 0 Å². The van der Waals surface area contributed by atoms with E-state index in [-0.39, 0.29) is 23.1 Å². The summed E-state index contributed by atoms with van der Waals surface area (Å²) in [6.07, 6.45) is 8.93. The van der Waals surface area contributed by atoms with Gasteiger partial charge in [-0.2, -0.15) is 0 Å². The SMILES string of the molecule is CC(C)(C)n1ccnc(NCC2(CO)CCCCC2)c1=O. The van der Waals surface area contributed by atoms with Crippen LogP contribution in [0.15, 0.2) is 17.2 Å². The van der Waals surface area contributed by atoms with Crippen molar-refractivity contribution in [3.05, 3.63) is 22.7 Å². The zero-order valence-corrected chi connectivity index (χ0v) is 13.4. The van der Waals surface area contributed by atoms with Gasteiger partial charge in [-0.3, -0.25) is 4.79 Å². The molecule has 0 radical (unpaired) electrons. The molecule has 21 heavy (non-hydrogen) atoms. The van der Waals surface area contributed by atoms with Crippen molar-refractivity contribution in [1.82, 2.24) is 9.55 Å². The van der Waals surface area contributed by atoms with Crippen molar-refractivity contribution >= 4 is 5.82 Å². The number of hydrogen-bond donors (Lipinski definition) is 2. The van der Waals surface area contributed by atoms with Crippen LogP contribution in [-0.4, -0.2) is 27.8 Å². The van der Waals surface area contributed by atoms with E-state index in [2.05, 4.69) is 10.3 Å². The van der Waals surface area contributed by atoms with Crippen LogP contribution in [0.2, 0.25) is 0 Å². The number of aliphatic hydroxyl groups excluding tert-OH is 1. The number of anilines is 1. The summed E-state index contributed by atoms with van der Waals surface area (Å²) in [5.41, 5.74) is -0.473. The third-order valence-corrected chi connectivity index (χ3v) is 4.44. The van der Waals surface area contributed by atoms with Crippen molar-refractivity contribution in [3.8, 4) is 0 Å². The molecule has 2 N–H and O–H groups in total. The van der Waals surface area contributed by atoms with Crippen LogP contribution in [0.1, 0.15) is 52.9 Å². The molecule has 118 valence electrons. The van der Waals surface area contributed by atoms with Gasteiger partial charge in [0.05, 0.1) is 6.61 Å². The maximum absolute atomic E-state index is 12.5. The molecule has 0 atom stereocenters. The Hall–Kier alpha value is -1.36. The predicted molar refractivity (Wildman–Crippen MR) is 84.6 cm³/mol. The van der Waals surface area contributed by atoms with Crippen LogP contribution >= 0.6 is 0 Å². The standard InChI is InChI=1S/C16H27N3O2/c1-15(2,3)19-10-9-17-13(14(19)21)18-11-16(12-20)7-5-4-6-8-16/h9-10,20H,4-8,11-12H2,1-3H3,(H,17,18). The van der Waals surface area contributed by atoms with Gasteiger partial charge in [0.2, 0.25) is 0 Å². The maximum Gasteiger partial charge on any atom is 0.293 e. The van der Waals surface area contributed by atoms with Gasteiger partial charge in [0.1, 0.15) is 0 Å². The highest BCUT2D eigenvalue weighted by atomic mass is 16.3. The van der Waals surface area contributed by atoms with Crippen LogP contribution in [0.3, 0.4) is 0 Å². The van der Waals surface area contributed by atoms with Crippen molar-refractivity contribution in [2.24, 2.45) is 5.41 Å². The summed E-state index contributed by atoms with van der Waals surface area (Å²) in [4.78, 5) is 16.6. The Morgan fingerprint density at radius 1 is 1.33 bits per heavy atom. The fourth-order valence-electron chi connectivity index (χ4n) is 3.02. The van der Waals surface area contributed by atoms with E-state index in [9.17, 15) is 9.90 Å². The van der Waals surface area contributed by atoms with Gasteiger partial charge < -0.3 is 15.0 Å². The lowest BCUT2D eigenvalue weighted by molar-refractivity contribution is 0.0943. The van der Waals surface area contributed by atoms with Crippen LogP contribution in [0.4, 0.5) is 5.82 Å². The van der Waals surface area contributed by atoms with E-state index in [1.54, 1.807) is 17.0 Å². The Bertz CT molecular complexity index is 525. The number of aliphatic hydroxyl groups is 1. The summed E-state index contributed by atoms with van der Waals surface area (Å²) in [6, 6.07) is 0. The smallest absolute Gasteiger partial charge is 0.293 e. The second-order valence-corrected chi connectivity index (χ2v) is 7.19. The van der Waals surface area contributed by atoms with Crippen LogP contribution in [0, 0.1) is 5.41 Å². The molecule has 5 heteroatoms. The maximum atomic E-state index is 12.5. The molecule has 0 spiro atoms. The van der Waals surface area contributed by atoms with Gasteiger partial charge in [-0.15, -0.1) is 0 Å². The van der Waals surface area contributed by atoms with E-state index in [4.69, 9.17) is 0 Å². The van der Waals surface area contributed by atoms with Gasteiger partial charge in [0, 0.05) is 29.9 Å².